The Labute approximate surface area is 256 Å². The first-order valence-electron chi connectivity index (χ1n) is 15.3. The van der Waals surface area contributed by atoms with Gasteiger partial charge in [0.25, 0.3) is 11.8 Å². The fourth-order valence-corrected chi connectivity index (χ4v) is 8.28. The summed E-state index contributed by atoms with van der Waals surface area (Å²) in [4.78, 5) is 29.3. The normalized spacial score (nSPS) is 23.8. The zero-order valence-corrected chi connectivity index (χ0v) is 25.4. The van der Waals surface area contributed by atoms with Crippen LogP contribution < -0.4 is 5.32 Å². The zero-order valence-electron chi connectivity index (χ0n) is 25.4. The number of fused-ring (bicyclic) bond motifs is 8. The number of nitrogens with zero attached hydrogens (tertiary/aromatic N) is 2. The first-order valence-corrected chi connectivity index (χ1v) is 15.3. The van der Waals surface area contributed by atoms with Gasteiger partial charge in [0.2, 0.25) is 0 Å². The highest BCUT2D eigenvalue weighted by Crippen LogP contribution is 2.51. The largest absolute Gasteiger partial charge is 0.374 e. The third kappa shape index (κ3) is 3.63. The van der Waals surface area contributed by atoms with E-state index in [1.54, 1.807) is 7.11 Å². The maximum absolute atomic E-state index is 13.8. The molecular weight excluding hydrogens is 550 g/mol. The Morgan fingerprint density at radius 2 is 1.73 bits per heavy atom. The molecule has 1 aromatic heterocycles. The highest BCUT2D eigenvalue weighted by molar-refractivity contribution is 6.19. The first-order chi connectivity index (χ1) is 21.3. The number of nitrogens with one attached hydrogen (secondary N) is 1. The van der Waals surface area contributed by atoms with E-state index in [9.17, 15) is 9.59 Å². The average molecular weight is 586 g/mol. The second kappa shape index (κ2) is 9.78. The fraction of sp³-hybridized carbons (Fsp3) is 0.297. The van der Waals surface area contributed by atoms with Gasteiger partial charge in [0.1, 0.15) is 6.10 Å². The summed E-state index contributed by atoms with van der Waals surface area (Å²) >= 11 is 0. The van der Waals surface area contributed by atoms with Crippen LogP contribution in [0.4, 0.5) is 0 Å². The molecule has 5 aromatic rings. The third-order valence-corrected chi connectivity index (χ3v) is 10.1. The number of amides is 2. The van der Waals surface area contributed by atoms with E-state index in [2.05, 4.69) is 60.1 Å². The maximum Gasteiger partial charge on any atom is 0.253 e. The number of para-hydroxylation sites is 1. The predicted molar refractivity (Wildman–Crippen MR) is 171 cm³/mol. The molecule has 1 fully saturated rings. The molecule has 44 heavy (non-hydrogen) atoms. The van der Waals surface area contributed by atoms with Gasteiger partial charge in [-0.1, -0.05) is 60.7 Å². The van der Waals surface area contributed by atoms with Gasteiger partial charge in [-0.3, -0.25) is 9.59 Å². The van der Waals surface area contributed by atoms with E-state index < -0.39 is 11.8 Å². The lowest BCUT2D eigenvalue weighted by Crippen LogP contribution is -2.62. The Bertz CT molecular complexity index is 2000. The van der Waals surface area contributed by atoms with Crippen molar-refractivity contribution < 1.29 is 19.1 Å². The molecule has 4 heterocycles. The van der Waals surface area contributed by atoms with Crippen LogP contribution in [0.25, 0.3) is 32.9 Å². The van der Waals surface area contributed by atoms with Crippen LogP contribution in [-0.2, 0) is 28.2 Å². The van der Waals surface area contributed by atoms with Crippen molar-refractivity contribution in [3.05, 3.63) is 107 Å². The molecular formula is C37H35N3O4. The van der Waals surface area contributed by atoms with Crippen LogP contribution in [0.15, 0.2) is 78.9 Å². The number of aromatic nitrogens is 1. The molecule has 7 nitrogen and oxygen atoms in total. The summed E-state index contributed by atoms with van der Waals surface area (Å²) in [5.41, 5.74) is 7.90. The Morgan fingerprint density at radius 3 is 2.50 bits per heavy atom. The standard InChI is InChI=1S/C37H35N3O4/c1-21-12-8-9-15-24(21)30-26-18-23-19-29(39(3)36(42)22-13-6-5-7-14-22)34(43-4)37(2,44-23)40-28-17-11-10-16-25(28)31(33(26)40)27-20-38-35(41)32(27)30/h5-17,23,29,34H,18-20H2,1-4H3,(H,38,41)/t23-,29?,34?,37-/m0/s1. The Morgan fingerprint density at radius 1 is 1.00 bits per heavy atom. The molecule has 4 aromatic carbocycles. The number of methoxy groups -OCH3 is 1. The lowest BCUT2D eigenvalue weighted by atomic mass is 9.83. The van der Waals surface area contributed by atoms with Gasteiger partial charge < -0.3 is 24.3 Å². The molecule has 0 spiro atoms. The molecule has 8 rings (SSSR count). The number of benzene rings is 4. The molecule has 2 amide bonds. The number of rotatable bonds is 4. The third-order valence-electron chi connectivity index (χ3n) is 10.1. The van der Waals surface area contributed by atoms with Gasteiger partial charge >= 0.3 is 0 Å². The molecule has 3 aliphatic heterocycles. The Kier molecular flexibility index (Phi) is 6.02. The molecule has 0 aliphatic carbocycles. The molecule has 222 valence electrons. The number of aryl methyl sites for hydroxylation is 1. The van der Waals surface area contributed by atoms with E-state index in [1.165, 1.54) is 0 Å². The summed E-state index contributed by atoms with van der Waals surface area (Å²) in [6.07, 6.45) is 0.530. The molecule has 1 N–H and O–H groups in total. The number of carbonyl (C=O) groups excluding carboxylic acids is 2. The lowest BCUT2D eigenvalue weighted by Gasteiger charge is -2.50. The van der Waals surface area contributed by atoms with Gasteiger partial charge in [-0.15, -0.1) is 0 Å². The van der Waals surface area contributed by atoms with Crippen LogP contribution in [0.2, 0.25) is 0 Å². The summed E-state index contributed by atoms with van der Waals surface area (Å²) in [5.74, 6) is -0.0791. The van der Waals surface area contributed by atoms with Gasteiger partial charge in [0.15, 0.2) is 5.72 Å². The average Bonchev–Trinajstić information content (AvgIpc) is 3.56. The smallest absolute Gasteiger partial charge is 0.253 e. The van der Waals surface area contributed by atoms with Gasteiger partial charge in [0.05, 0.1) is 28.7 Å². The van der Waals surface area contributed by atoms with Crippen LogP contribution in [0.5, 0.6) is 0 Å². The van der Waals surface area contributed by atoms with Crippen molar-refractivity contribution in [3.63, 3.8) is 0 Å². The second-order valence-electron chi connectivity index (χ2n) is 12.5. The highest BCUT2D eigenvalue weighted by atomic mass is 16.6. The number of hydrogen-bond acceptors (Lipinski definition) is 4. The number of likely N-dealkylation sites (N-methyl/N-ethyl adjacent to an activating group) is 1. The summed E-state index contributed by atoms with van der Waals surface area (Å²) in [5, 5.41) is 5.33. The van der Waals surface area contributed by atoms with Gasteiger partial charge in [-0.25, -0.2) is 0 Å². The second-order valence-corrected chi connectivity index (χ2v) is 12.5. The van der Waals surface area contributed by atoms with Crippen molar-refractivity contribution in [2.45, 2.75) is 57.2 Å². The van der Waals surface area contributed by atoms with E-state index in [1.807, 2.05) is 54.4 Å². The summed E-state index contributed by atoms with van der Waals surface area (Å²) in [6, 6.07) is 25.9. The Hall–Kier alpha value is -4.46. The van der Waals surface area contributed by atoms with Crippen molar-refractivity contribution in [1.29, 1.82) is 0 Å². The lowest BCUT2D eigenvalue weighted by molar-refractivity contribution is -0.245. The minimum Gasteiger partial charge on any atom is -0.374 e. The van der Waals surface area contributed by atoms with E-state index in [-0.39, 0.29) is 24.0 Å². The molecule has 1 saturated heterocycles. The van der Waals surface area contributed by atoms with Crippen LogP contribution in [0.3, 0.4) is 0 Å². The van der Waals surface area contributed by atoms with E-state index >= 15 is 0 Å². The molecule has 0 radical (unpaired) electrons. The number of hydrogen-bond donors (Lipinski definition) is 1. The quantitative estimate of drug-likeness (QED) is 0.273. The van der Waals surface area contributed by atoms with Crippen molar-refractivity contribution in [2.24, 2.45) is 0 Å². The summed E-state index contributed by atoms with van der Waals surface area (Å²) in [7, 11) is 3.59. The van der Waals surface area contributed by atoms with Crippen LogP contribution in [0, 0.1) is 6.92 Å². The topological polar surface area (TPSA) is 72.8 Å². The van der Waals surface area contributed by atoms with Crippen molar-refractivity contribution in [2.75, 3.05) is 14.2 Å². The monoisotopic (exact) mass is 585 g/mol. The number of carbonyl (C=O) groups is 2. The van der Waals surface area contributed by atoms with Crippen molar-refractivity contribution >= 4 is 33.6 Å². The van der Waals surface area contributed by atoms with E-state index in [4.69, 9.17) is 9.47 Å². The fourth-order valence-electron chi connectivity index (χ4n) is 8.28. The minimum absolute atomic E-state index is 0.0339. The molecule has 2 bridgehead atoms. The van der Waals surface area contributed by atoms with E-state index in [0.29, 0.717) is 24.9 Å². The van der Waals surface area contributed by atoms with Gasteiger partial charge in [-0.2, -0.15) is 0 Å². The van der Waals surface area contributed by atoms with Crippen LogP contribution in [0.1, 0.15) is 50.8 Å². The van der Waals surface area contributed by atoms with Crippen molar-refractivity contribution in [3.8, 4) is 11.1 Å². The molecule has 0 saturated carbocycles. The first kappa shape index (κ1) is 27.1. The van der Waals surface area contributed by atoms with Crippen LogP contribution >= 0.6 is 0 Å². The molecule has 7 heteroatoms. The molecule has 3 aliphatic rings. The zero-order chi connectivity index (χ0) is 30.3. The number of ether oxygens (including phenoxy) is 2. The predicted octanol–water partition coefficient (Wildman–Crippen LogP) is 6.19. The van der Waals surface area contributed by atoms with Crippen molar-refractivity contribution in [1.82, 2.24) is 14.8 Å². The highest BCUT2D eigenvalue weighted by Gasteiger charge is 2.54. The van der Waals surface area contributed by atoms with Gasteiger partial charge in [0, 0.05) is 49.0 Å². The minimum atomic E-state index is -0.937. The molecule has 4 atom stereocenters. The Balaban J connectivity index is 1.44. The maximum atomic E-state index is 13.8. The van der Waals surface area contributed by atoms with Crippen LogP contribution in [-0.4, -0.2) is 53.7 Å². The summed E-state index contributed by atoms with van der Waals surface area (Å²) in [6.45, 7) is 4.69. The molecule has 2 unspecified atom stereocenters. The van der Waals surface area contributed by atoms with E-state index in [0.717, 1.165) is 55.2 Å². The van der Waals surface area contributed by atoms with Gasteiger partial charge in [-0.05, 0) is 60.7 Å². The summed E-state index contributed by atoms with van der Waals surface area (Å²) < 4.78 is 15.8. The SMILES string of the molecule is COC1C(N(C)C(=O)c2ccccc2)C[C@@H]2Cc3c(-c4ccccc4C)c4c(c5c6ccccc6n(c35)[C@@]1(C)O2)CNC4=O.